The lowest BCUT2D eigenvalue weighted by molar-refractivity contribution is -0.116. The number of hydrogen-bond donors (Lipinski definition) is 1. The number of fused-ring (bicyclic) bond motifs is 1. The first kappa shape index (κ1) is 23.4. The molecule has 7 nitrogen and oxygen atoms in total. The van der Waals surface area contributed by atoms with Crippen molar-refractivity contribution in [1.29, 1.82) is 0 Å². The minimum Gasteiger partial charge on any atom is -0.493 e. The van der Waals surface area contributed by atoms with Gasteiger partial charge in [-0.05, 0) is 48.6 Å². The summed E-state index contributed by atoms with van der Waals surface area (Å²) in [6.07, 6.45) is 0.425. The molecule has 1 N–H and O–H groups in total. The number of carbonyl (C=O) groups is 2. The fourth-order valence-corrected chi connectivity index (χ4v) is 5.00. The number of nitrogens with one attached hydrogen (secondary N) is 1. The summed E-state index contributed by atoms with van der Waals surface area (Å²) in [5, 5.41) is 3.56. The van der Waals surface area contributed by atoms with Gasteiger partial charge in [0.2, 0.25) is 5.91 Å². The molecule has 8 heteroatoms. The van der Waals surface area contributed by atoms with Crippen molar-refractivity contribution in [2.75, 3.05) is 52.3 Å². The molecule has 2 unspecified atom stereocenters. The second-order valence-electron chi connectivity index (χ2n) is 8.79. The number of hydrogen-bond acceptors (Lipinski definition) is 5. The average Bonchev–Trinajstić information content (AvgIpc) is 3.38. The molecule has 0 bridgehead atoms. The average molecular weight is 472 g/mol. The van der Waals surface area contributed by atoms with Crippen LogP contribution in [0.3, 0.4) is 0 Å². The van der Waals surface area contributed by atoms with Gasteiger partial charge < -0.3 is 24.6 Å². The van der Waals surface area contributed by atoms with Gasteiger partial charge in [0.15, 0.2) is 11.5 Å². The van der Waals surface area contributed by atoms with E-state index >= 15 is 0 Å². The first-order valence-corrected chi connectivity index (χ1v) is 11.6. The van der Waals surface area contributed by atoms with Crippen molar-refractivity contribution in [3.63, 3.8) is 0 Å². The van der Waals surface area contributed by atoms with Crippen molar-refractivity contribution in [3.05, 3.63) is 52.5 Å². The van der Waals surface area contributed by atoms with Crippen LogP contribution < -0.4 is 14.8 Å². The normalized spacial score (nSPS) is 19.9. The third-order valence-corrected chi connectivity index (χ3v) is 7.00. The molecule has 2 aliphatic heterocycles. The van der Waals surface area contributed by atoms with Gasteiger partial charge in [0.05, 0.1) is 19.8 Å². The minimum absolute atomic E-state index is 0.0195. The van der Waals surface area contributed by atoms with Crippen molar-refractivity contribution in [2.45, 2.75) is 13.3 Å². The number of ether oxygens (including phenoxy) is 2. The summed E-state index contributed by atoms with van der Waals surface area (Å²) in [4.78, 5) is 29.8. The first-order valence-electron chi connectivity index (χ1n) is 11.2. The molecule has 0 aliphatic carbocycles. The molecule has 0 aromatic heterocycles. The predicted octanol–water partition coefficient (Wildman–Crippen LogP) is 3.70. The van der Waals surface area contributed by atoms with Crippen LogP contribution in [0.5, 0.6) is 11.5 Å². The van der Waals surface area contributed by atoms with Gasteiger partial charge in [-0.15, -0.1) is 0 Å². The summed E-state index contributed by atoms with van der Waals surface area (Å²) in [5.41, 5.74) is 2.23. The zero-order valence-electron chi connectivity index (χ0n) is 19.3. The number of aryl methyl sites for hydroxylation is 1. The topological polar surface area (TPSA) is 71.1 Å². The summed E-state index contributed by atoms with van der Waals surface area (Å²) in [6.45, 7) is 5.86. The summed E-state index contributed by atoms with van der Waals surface area (Å²) in [5.74, 6) is 1.83. The molecule has 0 radical (unpaired) electrons. The molecule has 2 heterocycles. The number of nitrogens with zero attached hydrogens (tertiary/aromatic N) is 2. The standard InChI is InChI=1S/C25H30ClN3O4/c1-16-7-8-19(11-21(16)26)27-23(30)9-10-28-12-17-14-29(15-18(17)13-28)25(31)20-5-4-6-22(32-2)24(20)33-3/h4-8,11,17-18H,9-10,12-15H2,1-3H3,(H,27,30). The molecule has 2 fully saturated rings. The highest BCUT2D eigenvalue weighted by atomic mass is 35.5. The quantitative estimate of drug-likeness (QED) is 0.666. The van der Waals surface area contributed by atoms with E-state index in [-0.39, 0.29) is 11.8 Å². The fourth-order valence-electron chi connectivity index (χ4n) is 4.82. The van der Waals surface area contributed by atoms with Crippen LogP contribution in [0.25, 0.3) is 0 Å². The number of methoxy groups -OCH3 is 2. The fraction of sp³-hybridized carbons (Fsp3) is 0.440. The Morgan fingerprint density at radius 2 is 1.79 bits per heavy atom. The molecule has 33 heavy (non-hydrogen) atoms. The van der Waals surface area contributed by atoms with Crippen LogP contribution >= 0.6 is 11.6 Å². The van der Waals surface area contributed by atoms with Gasteiger partial charge in [-0.25, -0.2) is 0 Å². The van der Waals surface area contributed by atoms with Crippen LogP contribution in [0, 0.1) is 18.8 Å². The highest BCUT2D eigenvalue weighted by Crippen LogP contribution is 2.35. The molecule has 176 valence electrons. The minimum atomic E-state index is -0.0252. The Morgan fingerprint density at radius 3 is 2.42 bits per heavy atom. The molecule has 4 rings (SSSR count). The third-order valence-electron chi connectivity index (χ3n) is 6.59. The van der Waals surface area contributed by atoms with Crippen molar-refractivity contribution in [2.24, 2.45) is 11.8 Å². The summed E-state index contributed by atoms with van der Waals surface area (Å²) in [7, 11) is 3.12. The monoisotopic (exact) mass is 471 g/mol. The highest BCUT2D eigenvalue weighted by Gasteiger charge is 2.42. The van der Waals surface area contributed by atoms with Gasteiger partial charge in [-0.3, -0.25) is 9.59 Å². The van der Waals surface area contributed by atoms with E-state index in [9.17, 15) is 9.59 Å². The van der Waals surface area contributed by atoms with Crippen molar-refractivity contribution in [3.8, 4) is 11.5 Å². The molecule has 2 atom stereocenters. The van der Waals surface area contributed by atoms with Crippen LogP contribution in [0.4, 0.5) is 5.69 Å². The smallest absolute Gasteiger partial charge is 0.257 e. The van der Waals surface area contributed by atoms with Gasteiger partial charge in [-0.1, -0.05) is 23.7 Å². The number of para-hydroxylation sites is 1. The van der Waals surface area contributed by atoms with E-state index in [1.165, 1.54) is 0 Å². The van der Waals surface area contributed by atoms with E-state index in [1.807, 2.05) is 30.0 Å². The van der Waals surface area contributed by atoms with Crippen molar-refractivity contribution < 1.29 is 19.1 Å². The summed E-state index contributed by atoms with van der Waals surface area (Å²) >= 11 is 6.14. The molecule has 0 saturated carbocycles. The number of amides is 2. The van der Waals surface area contributed by atoms with Crippen LogP contribution in [-0.4, -0.2) is 68.6 Å². The SMILES string of the molecule is COc1cccc(C(=O)N2CC3CN(CCC(=O)Nc4ccc(C)c(Cl)c4)CC3C2)c1OC. The lowest BCUT2D eigenvalue weighted by Crippen LogP contribution is -2.34. The maximum Gasteiger partial charge on any atom is 0.257 e. The molecular formula is C25H30ClN3O4. The Kier molecular flexibility index (Phi) is 7.10. The second kappa shape index (κ2) is 10.0. The molecule has 2 aromatic carbocycles. The number of benzene rings is 2. The largest absolute Gasteiger partial charge is 0.493 e. The van der Waals surface area contributed by atoms with Gasteiger partial charge >= 0.3 is 0 Å². The van der Waals surface area contributed by atoms with Crippen LogP contribution in [0.15, 0.2) is 36.4 Å². The van der Waals surface area contributed by atoms with Gasteiger partial charge in [-0.2, -0.15) is 0 Å². The third kappa shape index (κ3) is 5.09. The van der Waals surface area contributed by atoms with E-state index in [4.69, 9.17) is 21.1 Å². The molecule has 2 saturated heterocycles. The predicted molar refractivity (Wildman–Crippen MR) is 128 cm³/mol. The van der Waals surface area contributed by atoms with E-state index in [0.717, 1.165) is 24.3 Å². The first-order chi connectivity index (χ1) is 15.9. The van der Waals surface area contributed by atoms with Crippen LogP contribution in [0.1, 0.15) is 22.3 Å². The van der Waals surface area contributed by atoms with E-state index in [2.05, 4.69) is 10.2 Å². The zero-order chi connectivity index (χ0) is 23.5. The molecular weight excluding hydrogens is 442 g/mol. The van der Waals surface area contributed by atoms with Gasteiger partial charge in [0.25, 0.3) is 5.91 Å². The second-order valence-corrected chi connectivity index (χ2v) is 9.20. The Hall–Kier alpha value is -2.77. The van der Waals surface area contributed by atoms with Gasteiger partial charge in [0, 0.05) is 49.9 Å². The zero-order valence-corrected chi connectivity index (χ0v) is 20.0. The molecule has 2 amide bonds. The number of likely N-dealkylation sites (tertiary alicyclic amines) is 2. The Bertz CT molecular complexity index is 1030. The van der Waals surface area contributed by atoms with E-state index < -0.39 is 0 Å². The molecule has 2 aliphatic rings. The Labute approximate surface area is 199 Å². The summed E-state index contributed by atoms with van der Waals surface area (Å²) < 4.78 is 10.8. The number of rotatable bonds is 7. The maximum absolute atomic E-state index is 13.2. The van der Waals surface area contributed by atoms with Crippen LogP contribution in [0.2, 0.25) is 5.02 Å². The van der Waals surface area contributed by atoms with Gasteiger partial charge in [0.1, 0.15) is 0 Å². The molecule has 0 spiro atoms. The lowest BCUT2D eigenvalue weighted by atomic mass is 10.0. The number of halogens is 1. The van der Waals surface area contributed by atoms with Crippen molar-refractivity contribution >= 4 is 29.1 Å². The van der Waals surface area contributed by atoms with Crippen LogP contribution in [-0.2, 0) is 4.79 Å². The summed E-state index contributed by atoms with van der Waals surface area (Å²) in [6, 6.07) is 10.9. The lowest BCUT2D eigenvalue weighted by Gasteiger charge is -2.22. The molecule has 2 aromatic rings. The van der Waals surface area contributed by atoms with E-state index in [0.29, 0.717) is 60.0 Å². The van der Waals surface area contributed by atoms with Crippen molar-refractivity contribution in [1.82, 2.24) is 9.80 Å². The Balaban J connectivity index is 1.28. The Morgan fingerprint density at radius 1 is 1.06 bits per heavy atom. The number of carbonyl (C=O) groups excluding carboxylic acids is 2. The maximum atomic E-state index is 13.2. The number of anilines is 1. The highest BCUT2D eigenvalue weighted by molar-refractivity contribution is 6.31. The van der Waals surface area contributed by atoms with E-state index in [1.54, 1.807) is 32.4 Å².